The van der Waals surface area contributed by atoms with E-state index in [1.807, 2.05) is 51.2 Å². The number of carbonyl (C=O) groups is 1. The van der Waals surface area contributed by atoms with E-state index in [9.17, 15) is 9.90 Å². The fraction of sp³-hybridized carbons (Fsp3) is 0.133. The minimum atomic E-state index is -1.04. The van der Waals surface area contributed by atoms with Crippen LogP contribution in [0.1, 0.15) is 9.49 Å². The molecule has 0 aliphatic rings. The summed E-state index contributed by atoms with van der Waals surface area (Å²) in [6.07, 6.45) is 0. The van der Waals surface area contributed by atoms with Crippen molar-refractivity contribution in [3.63, 3.8) is 0 Å². The Hall–Kier alpha value is 0.660. The van der Waals surface area contributed by atoms with Crippen molar-refractivity contribution in [3.05, 3.63) is 49.1 Å². The maximum atomic E-state index is 11.3. The fourth-order valence-electron chi connectivity index (χ4n) is 1.79. The van der Waals surface area contributed by atoms with Gasteiger partial charge >= 0.3 is 35.5 Å². The van der Waals surface area contributed by atoms with Crippen LogP contribution in [0.4, 0.5) is 0 Å². The van der Waals surface area contributed by atoms with E-state index in [1.54, 1.807) is 18.2 Å². The Morgan fingerprint density at radius 1 is 1.12 bits per heavy atom. The molecule has 2 aromatic carbocycles. The Balaban J connectivity index is 0.00000288. The number of rotatable bonds is 5. The second-order valence-corrected chi connectivity index (χ2v) is 8.32. The summed E-state index contributed by atoms with van der Waals surface area (Å²) < 4.78 is 7.06. The van der Waals surface area contributed by atoms with Crippen molar-refractivity contribution in [2.45, 2.75) is 9.97 Å². The Labute approximate surface area is 202 Å². The standard InChI is InChI=1S/C15H12I3NO4.Na/c16-9-5-7(13(18)14(19)15(21)22)1-3-11(9)23-12-4-2-8(20)6-10(12)17;/h1-6,13-14,20H,19H2,(H,21,22);/q;+1/p-1/t13?,14-;/m1./s1. The first-order chi connectivity index (χ1) is 10.8. The van der Waals surface area contributed by atoms with E-state index < -0.39 is 12.0 Å². The first-order valence-electron chi connectivity index (χ1n) is 6.36. The topological polar surface area (TPSA) is 95.6 Å². The summed E-state index contributed by atoms with van der Waals surface area (Å²) in [4.78, 5) is 11.0. The third-order valence-electron chi connectivity index (χ3n) is 3.00. The number of hydrogen-bond donors (Lipinski definition) is 2. The SMILES string of the molecule is N[C@@H](C(=O)O)C(I)c1ccc(Oc2ccc([O-])cc2I)c(I)c1.[Na+]. The van der Waals surface area contributed by atoms with Gasteiger partial charge in [-0.15, -0.1) is 5.75 Å². The number of aliphatic carboxylic acids is 1. The molecule has 0 bridgehead atoms. The van der Waals surface area contributed by atoms with Crippen LogP contribution in [0.5, 0.6) is 17.2 Å². The van der Waals surface area contributed by atoms with E-state index in [0.29, 0.717) is 11.5 Å². The van der Waals surface area contributed by atoms with Crippen LogP contribution in [0.3, 0.4) is 0 Å². The first kappa shape index (κ1) is 22.7. The molecular weight excluding hydrogens is 662 g/mol. The van der Waals surface area contributed by atoms with Crippen molar-refractivity contribution in [3.8, 4) is 17.2 Å². The molecule has 122 valence electrons. The summed E-state index contributed by atoms with van der Waals surface area (Å²) in [6.45, 7) is 0. The molecule has 5 nitrogen and oxygen atoms in total. The minimum absolute atomic E-state index is 0. The molecule has 1 unspecified atom stereocenters. The zero-order valence-electron chi connectivity index (χ0n) is 12.5. The van der Waals surface area contributed by atoms with Crippen LogP contribution in [0.15, 0.2) is 36.4 Å². The smallest absolute Gasteiger partial charge is 0.872 e. The van der Waals surface area contributed by atoms with E-state index in [-0.39, 0.29) is 39.2 Å². The fourth-order valence-corrected chi connectivity index (χ4v) is 3.73. The quantitative estimate of drug-likeness (QED) is 0.277. The molecule has 0 spiro atoms. The number of carboxylic acid groups (broad SMARTS) is 1. The van der Waals surface area contributed by atoms with E-state index in [1.165, 1.54) is 12.1 Å². The molecule has 3 N–H and O–H groups in total. The molecule has 0 aliphatic heterocycles. The average molecular weight is 673 g/mol. The molecule has 9 heteroatoms. The van der Waals surface area contributed by atoms with Gasteiger partial charge in [-0.25, -0.2) is 0 Å². The molecule has 0 saturated carbocycles. The number of carboxylic acids is 1. The van der Waals surface area contributed by atoms with Crippen LogP contribution in [0.2, 0.25) is 0 Å². The molecule has 24 heavy (non-hydrogen) atoms. The van der Waals surface area contributed by atoms with E-state index >= 15 is 0 Å². The Morgan fingerprint density at radius 3 is 2.17 bits per heavy atom. The Bertz CT molecular complexity index is 745. The van der Waals surface area contributed by atoms with Crippen molar-refractivity contribution < 1.29 is 49.3 Å². The van der Waals surface area contributed by atoms with Gasteiger partial charge in [-0.2, -0.15) is 0 Å². The van der Waals surface area contributed by atoms with E-state index in [0.717, 1.165) is 12.7 Å². The van der Waals surface area contributed by atoms with Crippen molar-refractivity contribution in [1.82, 2.24) is 0 Å². The number of nitrogens with two attached hydrogens (primary N) is 1. The van der Waals surface area contributed by atoms with Gasteiger partial charge < -0.3 is 20.7 Å². The van der Waals surface area contributed by atoms with Crippen LogP contribution in [0, 0.1) is 7.14 Å². The van der Waals surface area contributed by atoms with Crippen LogP contribution < -0.4 is 45.1 Å². The maximum absolute atomic E-state index is 11.3. The molecule has 2 rings (SSSR count). The number of ether oxygens (including phenoxy) is 1. The summed E-state index contributed by atoms with van der Waals surface area (Å²) >= 11 is 6.20. The van der Waals surface area contributed by atoms with Gasteiger partial charge in [0.25, 0.3) is 0 Å². The second-order valence-electron chi connectivity index (χ2n) is 4.65. The van der Waals surface area contributed by atoms with Crippen LogP contribution in [-0.4, -0.2) is 17.1 Å². The monoisotopic (exact) mass is 673 g/mol. The van der Waals surface area contributed by atoms with Crippen LogP contribution in [-0.2, 0) is 4.79 Å². The van der Waals surface area contributed by atoms with Crippen molar-refractivity contribution in [2.75, 3.05) is 0 Å². The second kappa shape index (κ2) is 10.1. The predicted octanol–water partition coefficient (Wildman–Crippen LogP) is 0.654. The normalized spacial score (nSPS) is 12.8. The molecule has 0 amide bonds. The van der Waals surface area contributed by atoms with Crippen molar-refractivity contribution >= 4 is 73.7 Å². The van der Waals surface area contributed by atoms with Gasteiger partial charge in [-0.05, 0) is 68.9 Å². The maximum Gasteiger partial charge on any atom is 1.00 e. The van der Waals surface area contributed by atoms with Gasteiger partial charge in [0.05, 0.1) is 11.1 Å². The number of hydrogen-bond acceptors (Lipinski definition) is 4. The Kier molecular flexibility index (Phi) is 9.57. The summed E-state index contributed by atoms with van der Waals surface area (Å²) in [7, 11) is 0. The predicted molar refractivity (Wildman–Crippen MR) is 110 cm³/mol. The zero-order chi connectivity index (χ0) is 17.1. The molecule has 0 radical (unpaired) electrons. The number of halogens is 3. The molecule has 0 aromatic heterocycles. The van der Waals surface area contributed by atoms with Gasteiger partial charge in [0.2, 0.25) is 0 Å². The molecule has 2 atom stereocenters. The van der Waals surface area contributed by atoms with Gasteiger partial charge in [0, 0.05) is 0 Å². The minimum Gasteiger partial charge on any atom is -0.872 e. The van der Waals surface area contributed by atoms with Gasteiger partial charge in [-0.1, -0.05) is 40.8 Å². The number of benzene rings is 2. The Morgan fingerprint density at radius 2 is 1.67 bits per heavy atom. The van der Waals surface area contributed by atoms with E-state index in [2.05, 4.69) is 22.6 Å². The van der Waals surface area contributed by atoms with E-state index in [4.69, 9.17) is 15.6 Å². The molecular formula is C15H11I3NNaO4. The number of alkyl halides is 1. The molecule has 2 aromatic rings. The van der Waals surface area contributed by atoms with Gasteiger partial charge in [0.1, 0.15) is 17.5 Å². The van der Waals surface area contributed by atoms with Crippen LogP contribution >= 0.6 is 67.8 Å². The third-order valence-corrected chi connectivity index (χ3v) is 6.18. The largest absolute Gasteiger partial charge is 1.00 e. The van der Waals surface area contributed by atoms with Gasteiger partial charge in [0.15, 0.2) is 0 Å². The molecule has 0 aliphatic carbocycles. The van der Waals surface area contributed by atoms with Crippen molar-refractivity contribution in [1.29, 1.82) is 0 Å². The zero-order valence-corrected chi connectivity index (χ0v) is 21.0. The van der Waals surface area contributed by atoms with Gasteiger partial charge in [-0.3, -0.25) is 4.79 Å². The first-order valence-corrected chi connectivity index (χ1v) is 9.76. The van der Waals surface area contributed by atoms with Crippen molar-refractivity contribution in [2.24, 2.45) is 5.73 Å². The third kappa shape index (κ3) is 5.84. The summed E-state index contributed by atoms with van der Waals surface area (Å²) in [5.41, 5.74) is 6.49. The summed E-state index contributed by atoms with van der Waals surface area (Å²) in [5, 5.41) is 20.3. The summed E-state index contributed by atoms with van der Waals surface area (Å²) in [6, 6.07) is 9.05. The summed E-state index contributed by atoms with van der Waals surface area (Å²) in [5.74, 6) is 0.136. The average Bonchev–Trinajstić information content (AvgIpc) is 2.50. The molecule has 0 fully saturated rings. The van der Waals surface area contributed by atoms with Crippen LogP contribution in [0.25, 0.3) is 0 Å². The molecule has 0 saturated heterocycles. The molecule has 0 heterocycles.